The van der Waals surface area contributed by atoms with E-state index < -0.39 is 15.8 Å². The van der Waals surface area contributed by atoms with E-state index in [1.165, 1.54) is 12.3 Å². The minimum atomic E-state index is -3.85. The molecule has 0 fully saturated rings. The summed E-state index contributed by atoms with van der Waals surface area (Å²) in [6, 6.07) is 4.49. The van der Waals surface area contributed by atoms with E-state index in [-0.39, 0.29) is 15.7 Å². The summed E-state index contributed by atoms with van der Waals surface area (Å²) < 4.78 is 38.8. The third kappa shape index (κ3) is 2.56. The number of hydrogen-bond donors (Lipinski definition) is 2. The smallest absolute Gasteiger partial charge is 0.264 e. The number of nitrogens with one attached hydrogen (secondary N) is 2. The van der Waals surface area contributed by atoms with Crippen LogP contribution in [0.15, 0.2) is 35.4 Å². The molecule has 8 heteroatoms. The molecule has 17 heavy (non-hydrogen) atoms. The minimum Gasteiger partial charge on any atom is -0.264 e. The third-order valence-electron chi connectivity index (χ3n) is 1.93. The Bertz CT molecular complexity index is 628. The van der Waals surface area contributed by atoms with Crippen LogP contribution in [-0.4, -0.2) is 18.6 Å². The number of halogens is 2. The van der Waals surface area contributed by atoms with Crippen LogP contribution in [0.1, 0.15) is 0 Å². The molecule has 0 saturated carbocycles. The van der Waals surface area contributed by atoms with E-state index >= 15 is 0 Å². The molecular formula is C9H7ClFN3O2S. The Labute approximate surface area is 102 Å². The molecule has 2 N–H and O–H groups in total. The SMILES string of the molecule is O=S(=O)(Nc1ccn[nH]1)c1ccc(F)cc1Cl. The largest absolute Gasteiger partial charge is 0.264 e. The number of aromatic amines is 1. The fourth-order valence-corrected chi connectivity index (χ4v) is 2.75. The lowest BCUT2D eigenvalue weighted by atomic mass is 10.3. The zero-order valence-electron chi connectivity index (χ0n) is 8.31. The van der Waals surface area contributed by atoms with E-state index in [4.69, 9.17) is 11.6 Å². The first-order chi connectivity index (χ1) is 7.99. The van der Waals surface area contributed by atoms with Crippen LogP contribution in [0.2, 0.25) is 5.02 Å². The van der Waals surface area contributed by atoms with Gasteiger partial charge in [-0.05, 0) is 18.2 Å². The zero-order chi connectivity index (χ0) is 12.5. The summed E-state index contributed by atoms with van der Waals surface area (Å²) in [4.78, 5) is -0.199. The van der Waals surface area contributed by atoms with Gasteiger partial charge in [0.25, 0.3) is 10.0 Å². The third-order valence-corrected chi connectivity index (χ3v) is 3.78. The molecule has 0 amide bonds. The second kappa shape index (κ2) is 4.34. The molecule has 0 radical (unpaired) electrons. The van der Waals surface area contributed by atoms with Crippen LogP contribution >= 0.6 is 11.6 Å². The van der Waals surface area contributed by atoms with Crippen LogP contribution in [0, 0.1) is 5.82 Å². The van der Waals surface area contributed by atoms with Crippen molar-refractivity contribution in [2.45, 2.75) is 4.90 Å². The summed E-state index contributed by atoms with van der Waals surface area (Å²) >= 11 is 5.67. The van der Waals surface area contributed by atoms with Gasteiger partial charge in [0.2, 0.25) is 0 Å². The normalized spacial score (nSPS) is 11.4. The lowest BCUT2D eigenvalue weighted by Crippen LogP contribution is -2.13. The molecule has 0 saturated heterocycles. The Kier molecular flexibility index (Phi) is 3.03. The van der Waals surface area contributed by atoms with Gasteiger partial charge in [0.15, 0.2) is 0 Å². The van der Waals surface area contributed by atoms with Crippen LogP contribution in [-0.2, 0) is 10.0 Å². The van der Waals surface area contributed by atoms with Crippen LogP contribution in [0.25, 0.3) is 0 Å². The van der Waals surface area contributed by atoms with Crippen LogP contribution in [0.4, 0.5) is 10.2 Å². The van der Waals surface area contributed by atoms with Crippen LogP contribution < -0.4 is 4.72 Å². The first-order valence-corrected chi connectivity index (χ1v) is 6.32. The van der Waals surface area contributed by atoms with E-state index in [0.717, 1.165) is 18.2 Å². The Morgan fingerprint density at radius 3 is 2.71 bits per heavy atom. The van der Waals surface area contributed by atoms with Gasteiger partial charge in [-0.3, -0.25) is 9.82 Å². The van der Waals surface area contributed by atoms with E-state index in [9.17, 15) is 12.8 Å². The number of anilines is 1. The lowest BCUT2D eigenvalue weighted by Gasteiger charge is -2.07. The van der Waals surface area contributed by atoms with Crippen molar-refractivity contribution in [3.8, 4) is 0 Å². The Morgan fingerprint density at radius 2 is 2.12 bits per heavy atom. The van der Waals surface area contributed by atoms with Gasteiger partial charge in [-0.25, -0.2) is 12.8 Å². The maximum Gasteiger partial charge on any atom is 0.264 e. The van der Waals surface area contributed by atoms with Gasteiger partial charge in [-0.1, -0.05) is 11.6 Å². The predicted molar refractivity (Wildman–Crippen MR) is 60.8 cm³/mol. The van der Waals surface area contributed by atoms with Gasteiger partial charge in [-0.15, -0.1) is 0 Å². The van der Waals surface area contributed by atoms with Gasteiger partial charge >= 0.3 is 0 Å². The maximum atomic E-state index is 12.8. The summed E-state index contributed by atoms with van der Waals surface area (Å²) in [5, 5.41) is 5.84. The molecule has 1 aromatic carbocycles. The standard InChI is InChI=1S/C9H7ClFN3O2S/c10-7-5-6(11)1-2-8(7)17(15,16)14-9-3-4-12-13-9/h1-5H,(H2,12,13,14). The highest BCUT2D eigenvalue weighted by Gasteiger charge is 2.18. The fraction of sp³-hybridized carbons (Fsp3) is 0. The molecule has 0 aliphatic heterocycles. The van der Waals surface area contributed by atoms with Gasteiger partial charge < -0.3 is 0 Å². The monoisotopic (exact) mass is 275 g/mol. The number of hydrogen-bond acceptors (Lipinski definition) is 3. The van der Waals surface area contributed by atoms with Crippen molar-refractivity contribution in [2.24, 2.45) is 0 Å². The van der Waals surface area contributed by atoms with E-state index in [1.54, 1.807) is 0 Å². The first kappa shape index (κ1) is 11.9. The summed E-state index contributed by atoms with van der Waals surface area (Å²) in [5.74, 6) is -0.402. The van der Waals surface area contributed by atoms with Gasteiger partial charge in [-0.2, -0.15) is 5.10 Å². The Balaban J connectivity index is 2.38. The van der Waals surface area contributed by atoms with Gasteiger partial charge in [0.1, 0.15) is 16.5 Å². The minimum absolute atomic E-state index is 0.183. The molecule has 90 valence electrons. The van der Waals surface area contributed by atoms with Gasteiger partial charge in [0.05, 0.1) is 11.2 Å². The van der Waals surface area contributed by atoms with Gasteiger partial charge in [0, 0.05) is 6.07 Å². The average molecular weight is 276 g/mol. The number of sulfonamides is 1. The summed E-state index contributed by atoms with van der Waals surface area (Å²) in [7, 11) is -3.85. The van der Waals surface area contributed by atoms with Crippen molar-refractivity contribution in [1.82, 2.24) is 10.2 Å². The van der Waals surface area contributed by atoms with Crippen molar-refractivity contribution in [2.75, 3.05) is 4.72 Å². The molecule has 0 atom stereocenters. The number of aromatic nitrogens is 2. The fourth-order valence-electron chi connectivity index (χ4n) is 1.21. The molecule has 0 unspecified atom stereocenters. The first-order valence-electron chi connectivity index (χ1n) is 4.46. The molecule has 0 aliphatic rings. The van der Waals surface area contributed by atoms with Crippen molar-refractivity contribution in [3.63, 3.8) is 0 Å². The molecule has 0 aliphatic carbocycles. The maximum absolute atomic E-state index is 12.8. The summed E-state index contributed by atoms with van der Waals surface area (Å²) in [5.41, 5.74) is 0. The van der Waals surface area contributed by atoms with Crippen molar-refractivity contribution in [1.29, 1.82) is 0 Å². The van der Waals surface area contributed by atoms with E-state index in [0.29, 0.717) is 0 Å². The number of rotatable bonds is 3. The van der Waals surface area contributed by atoms with Crippen molar-refractivity contribution in [3.05, 3.63) is 41.3 Å². The lowest BCUT2D eigenvalue weighted by molar-refractivity contribution is 0.599. The number of benzene rings is 1. The highest BCUT2D eigenvalue weighted by molar-refractivity contribution is 7.92. The highest BCUT2D eigenvalue weighted by Crippen LogP contribution is 2.23. The van der Waals surface area contributed by atoms with Crippen molar-refractivity contribution >= 4 is 27.4 Å². The molecular weight excluding hydrogens is 269 g/mol. The molecule has 2 rings (SSSR count). The molecule has 1 aromatic heterocycles. The van der Waals surface area contributed by atoms with E-state index in [1.807, 2.05) is 0 Å². The second-order valence-electron chi connectivity index (χ2n) is 3.15. The average Bonchev–Trinajstić information content (AvgIpc) is 2.68. The highest BCUT2D eigenvalue weighted by atomic mass is 35.5. The topological polar surface area (TPSA) is 74.8 Å². The molecule has 0 spiro atoms. The second-order valence-corrected chi connectivity index (χ2v) is 5.21. The quantitative estimate of drug-likeness (QED) is 0.900. The molecule has 5 nitrogen and oxygen atoms in total. The van der Waals surface area contributed by atoms with Crippen LogP contribution in [0.5, 0.6) is 0 Å². The van der Waals surface area contributed by atoms with Crippen LogP contribution in [0.3, 0.4) is 0 Å². The Morgan fingerprint density at radius 1 is 1.35 bits per heavy atom. The summed E-state index contributed by atoms with van der Waals surface area (Å²) in [6.45, 7) is 0. The Hall–Kier alpha value is -1.60. The van der Waals surface area contributed by atoms with Crippen molar-refractivity contribution < 1.29 is 12.8 Å². The van der Waals surface area contributed by atoms with E-state index in [2.05, 4.69) is 14.9 Å². The molecule has 0 bridgehead atoms. The number of nitrogens with zero attached hydrogens (tertiary/aromatic N) is 1. The summed E-state index contributed by atoms with van der Waals surface area (Å²) in [6.07, 6.45) is 1.39. The zero-order valence-corrected chi connectivity index (χ0v) is 9.89. The molecule has 1 heterocycles. The number of H-pyrrole nitrogens is 1. The molecule has 2 aromatic rings. The predicted octanol–water partition coefficient (Wildman–Crippen LogP) is 2.00.